The number of H-pyrrole nitrogens is 1. The Bertz CT molecular complexity index is 591. The van der Waals surface area contributed by atoms with Gasteiger partial charge in [0.2, 0.25) is 5.82 Å². The summed E-state index contributed by atoms with van der Waals surface area (Å²) in [4.78, 5) is 18.2. The maximum atomic E-state index is 12.0. The number of rotatable bonds is 5. The lowest BCUT2D eigenvalue weighted by Crippen LogP contribution is -2.15. The van der Waals surface area contributed by atoms with Crippen LogP contribution in [0.2, 0.25) is 0 Å². The molecule has 0 bridgehead atoms. The van der Waals surface area contributed by atoms with E-state index in [1.165, 1.54) is 0 Å². The summed E-state index contributed by atoms with van der Waals surface area (Å²) in [6.07, 6.45) is 1.75. The number of nitrogens with zero attached hydrogens (tertiary/aromatic N) is 3. The molecule has 0 saturated heterocycles. The van der Waals surface area contributed by atoms with E-state index in [9.17, 15) is 4.79 Å². The number of benzene rings is 1. The van der Waals surface area contributed by atoms with Gasteiger partial charge in [0.1, 0.15) is 5.82 Å². The van der Waals surface area contributed by atoms with E-state index in [-0.39, 0.29) is 11.7 Å². The second kappa shape index (κ2) is 6.18. The molecule has 0 spiro atoms. The molecule has 0 atom stereocenters. The first-order valence-corrected chi connectivity index (χ1v) is 6.60. The minimum Gasteiger partial charge on any atom is -0.378 e. The third-order valence-corrected chi connectivity index (χ3v) is 2.84. The van der Waals surface area contributed by atoms with Gasteiger partial charge in [-0.15, -0.1) is 5.10 Å². The van der Waals surface area contributed by atoms with Crippen LogP contribution in [0.25, 0.3) is 0 Å². The van der Waals surface area contributed by atoms with Gasteiger partial charge in [0.05, 0.1) is 0 Å². The number of anilines is 2. The fourth-order valence-electron chi connectivity index (χ4n) is 1.79. The number of carbonyl (C=O) groups excluding carboxylic acids is 1. The van der Waals surface area contributed by atoms with Crippen LogP contribution >= 0.6 is 0 Å². The smallest absolute Gasteiger partial charge is 0.295 e. The molecule has 0 aliphatic heterocycles. The fraction of sp³-hybridized carbons (Fsp3) is 0.357. The maximum Gasteiger partial charge on any atom is 0.295 e. The van der Waals surface area contributed by atoms with Gasteiger partial charge < -0.3 is 10.2 Å². The van der Waals surface area contributed by atoms with E-state index in [1.54, 1.807) is 0 Å². The number of aromatic nitrogens is 3. The van der Waals surface area contributed by atoms with Crippen molar-refractivity contribution in [2.45, 2.75) is 19.8 Å². The highest BCUT2D eigenvalue weighted by Crippen LogP contribution is 2.17. The molecule has 0 unspecified atom stereocenters. The lowest BCUT2D eigenvalue weighted by Gasteiger charge is -2.13. The SMILES string of the molecule is CCCc1nc(C(=O)Nc2cccc(N(C)C)c2)n[nH]1. The van der Waals surface area contributed by atoms with E-state index >= 15 is 0 Å². The molecule has 106 valence electrons. The van der Waals surface area contributed by atoms with E-state index in [0.29, 0.717) is 0 Å². The zero-order chi connectivity index (χ0) is 14.5. The number of hydrogen-bond acceptors (Lipinski definition) is 4. The van der Waals surface area contributed by atoms with Gasteiger partial charge in [-0.3, -0.25) is 9.89 Å². The topological polar surface area (TPSA) is 73.9 Å². The monoisotopic (exact) mass is 273 g/mol. The number of hydrogen-bond donors (Lipinski definition) is 2. The molecule has 0 fully saturated rings. The van der Waals surface area contributed by atoms with Crippen molar-refractivity contribution in [1.82, 2.24) is 15.2 Å². The van der Waals surface area contributed by atoms with Crippen LogP contribution in [0.4, 0.5) is 11.4 Å². The lowest BCUT2D eigenvalue weighted by atomic mass is 10.2. The Labute approximate surface area is 118 Å². The lowest BCUT2D eigenvalue weighted by molar-refractivity contribution is 0.101. The Kier molecular flexibility index (Phi) is 4.34. The van der Waals surface area contributed by atoms with Gasteiger partial charge in [0, 0.05) is 31.9 Å². The van der Waals surface area contributed by atoms with E-state index in [0.717, 1.165) is 30.0 Å². The first-order chi connectivity index (χ1) is 9.60. The van der Waals surface area contributed by atoms with Crippen LogP contribution in [-0.2, 0) is 6.42 Å². The summed E-state index contributed by atoms with van der Waals surface area (Å²) in [7, 11) is 3.90. The molecule has 1 aromatic heterocycles. The largest absolute Gasteiger partial charge is 0.378 e. The molecule has 6 nitrogen and oxygen atoms in total. The molecule has 0 aliphatic rings. The molecule has 1 aromatic carbocycles. The predicted octanol–water partition coefficient (Wildman–Crippen LogP) is 2.08. The fourth-order valence-corrected chi connectivity index (χ4v) is 1.79. The second-order valence-electron chi connectivity index (χ2n) is 4.75. The molecule has 2 N–H and O–H groups in total. The number of carbonyl (C=O) groups is 1. The quantitative estimate of drug-likeness (QED) is 0.874. The van der Waals surface area contributed by atoms with Crippen LogP contribution in [0, 0.1) is 0 Å². The average molecular weight is 273 g/mol. The van der Waals surface area contributed by atoms with Crippen LogP contribution in [0.15, 0.2) is 24.3 Å². The standard InChI is InChI=1S/C14H19N5O/c1-4-6-12-16-13(18-17-12)14(20)15-10-7-5-8-11(9-10)19(2)3/h5,7-9H,4,6H2,1-3H3,(H,15,20)(H,16,17,18). The van der Waals surface area contributed by atoms with Crippen molar-refractivity contribution in [3.8, 4) is 0 Å². The highest BCUT2D eigenvalue weighted by Gasteiger charge is 2.12. The third kappa shape index (κ3) is 3.34. The van der Waals surface area contributed by atoms with Crippen LogP contribution in [0.1, 0.15) is 29.8 Å². The van der Waals surface area contributed by atoms with Gasteiger partial charge in [-0.1, -0.05) is 13.0 Å². The first kappa shape index (κ1) is 14.0. The summed E-state index contributed by atoms with van der Waals surface area (Å²) in [5, 5.41) is 9.50. The minimum absolute atomic E-state index is 0.170. The summed E-state index contributed by atoms with van der Waals surface area (Å²) in [6.45, 7) is 2.05. The van der Waals surface area contributed by atoms with Crippen molar-refractivity contribution in [2.75, 3.05) is 24.3 Å². The highest BCUT2D eigenvalue weighted by molar-refractivity contribution is 6.01. The van der Waals surface area contributed by atoms with Crippen LogP contribution in [-0.4, -0.2) is 35.2 Å². The van der Waals surface area contributed by atoms with Gasteiger partial charge >= 0.3 is 0 Å². The Morgan fingerprint density at radius 3 is 2.90 bits per heavy atom. The Morgan fingerprint density at radius 1 is 1.40 bits per heavy atom. The predicted molar refractivity (Wildman–Crippen MR) is 79.1 cm³/mol. The molecule has 0 radical (unpaired) electrons. The van der Waals surface area contributed by atoms with E-state index in [4.69, 9.17) is 0 Å². The molecular formula is C14H19N5O. The summed E-state index contributed by atoms with van der Waals surface area (Å²) in [5.41, 5.74) is 1.74. The molecule has 0 aliphatic carbocycles. The number of nitrogens with one attached hydrogen (secondary N) is 2. The first-order valence-electron chi connectivity index (χ1n) is 6.60. The van der Waals surface area contributed by atoms with Crippen molar-refractivity contribution in [3.63, 3.8) is 0 Å². The van der Waals surface area contributed by atoms with Crippen molar-refractivity contribution < 1.29 is 4.79 Å². The van der Waals surface area contributed by atoms with Gasteiger partial charge in [-0.25, -0.2) is 4.98 Å². The zero-order valence-corrected chi connectivity index (χ0v) is 12.0. The second-order valence-corrected chi connectivity index (χ2v) is 4.75. The van der Waals surface area contributed by atoms with Gasteiger partial charge in [-0.05, 0) is 24.6 Å². The molecule has 1 heterocycles. The minimum atomic E-state index is -0.306. The molecule has 6 heteroatoms. The van der Waals surface area contributed by atoms with Crippen LogP contribution in [0.3, 0.4) is 0 Å². The van der Waals surface area contributed by atoms with Crippen LogP contribution in [0.5, 0.6) is 0 Å². The number of amides is 1. The average Bonchev–Trinajstić information content (AvgIpc) is 2.88. The van der Waals surface area contributed by atoms with Crippen molar-refractivity contribution in [2.24, 2.45) is 0 Å². The van der Waals surface area contributed by atoms with Gasteiger partial charge in [0.15, 0.2) is 0 Å². The third-order valence-electron chi connectivity index (χ3n) is 2.84. The molecule has 20 heavy (non-hydrogen) atoms. The van der Waals surface area contributed by atoms with Crippen molar-refractivity contribution in [1.29, 1.82) is 0 Å². The number of aromatic amines is 1. The van der Waals surface area contributed by atoms with E-state index in [1.807, 2.05) is 43.3 Å². The highest BCUT2D eigenvalue weighted by atomic mass is 16.2. The Hall–Kier alpha value is -2.37. The van der Waals surface area contributed by atoms with E-state index in [2.05, 4.69) is 27.4 Å². The summed E-state index contributed by atoms with van der Waals surface area (Å²) >= 11 is 0. The van der Waals surface area contributed by atoms with Gasteiger partial charge in [-0.2, -0.15) is 0 Å². The molecule has 1 amide bonds. The van der Waals surface area contributed by atoms with Crippen LogP contribution < -0.4 is 10.2 Å². The van der Waals surface area contributed by atoms with Gasteiger partial charge in [0.25, 0.3) is 5.91 Å². The molecule has 2 rings (SSSR count). The zero-order valence-electron chi connectivity index (χ0n) is 12.0. The normalized spacial score (nSPS) is 10.3. The Balaban J connectivity index is 2.08. The Morgan fingerprint density at radius 2 is 2.20 bits per heavy atom. The summed E-state index contributed by atoms with van der Waals surface area (Å²) < 4.78 is 0. The summed E-state index contributed by atoms with van der Waals surface area (Å²) in [6, 6.07) is 7.61. The van der Waals surface area contributed by atoms with Crippen molar-refractivity contribution in [3.05, 3.63) is 35.9 Å². The molecule has 0 saturated carbocycles. The van der Waals surface area contributed by atoms with E-state index < -0.39 is 0 Å². The maximum absolute atomic E-state index is 12.0. The number of aryl methyl sites for hydroxylation is 1. The van der Waals surface area contributed by atoms with Crippen molar-refractivity contribution >= 4 is 17.3 Å². The molecular weight excluding hydrogens is 254 g/mol. The summed E-state index contributed by atoms with van der Waals surface area (Å²) in [5.74, 6) is 0.600. The molecule has 2 aromatic rings.